The number of halogens is 3. The third-order valence-electron chi connectivity index (χ3n) is 4.16. The molecule has 4 nitrogen and oxygen atoms in total. The van der Waals surface area contributed by atoms with Gasteiger partial charge in [0.1, 0.15) is 12.7 Å². The van der Waals surface area contributed by atoms with Gasteiger partial charge in [-0.25, -0.2) is 4.98 Å². The highest BCUT2D eigenvalue weighted by Crippen LogP contribution is 2.31. The van der Waals surface area contributed by atoms with Gasteiger partial charge in [-0.2, -0.15) is 23.5 Å². The second kappa shape index (κ2) is 7.40. The molecule has 0 bridgehead atoms. The molecule has 0 saturated heterocycles. The van der Waals surface area contributed by atoms with Crippen molar-refractivity contribution in [3.8, 4) is 6.07 Å². The number of hydrogen-bond donors (Lipinski definition) is 0. The van der Waals surface area contributed by atoms with Crippen LogP contribution in [0, 0.1) is 11.3 Å². The fraction of sp³-hybridized carbons (Fsp3) is 0.211. The van der Waals surface area contributed by atoms with Gasteiger partial charge in [-0.15, -0.1) is 0 Å². The van der Waals surface area contributed by atoms with E-state index in [1.807, 2.05) is 12.1 Å². The lowest BCUT2D eigenvalue weighted by atomic mass is 9.88. The van der Waals surface area contributed by atoms with Crippen LogP contribution in [-0.2, 0) is 19.1 Å². The average molecular weight is 356 g/mol. The predicted molar refractivity (Wildman–Crippen MR) is 89.1 cm³/mol. The van der Waals surface area contributed by atoms with Gasteiger partial charge in [0.05, 0.1) is 17.2 Å². The molecule has 0 saturated carbocycles. The molecule has 132 valence electrons. The summed E-state index contributed by atoms with van der Waals surface area (Å²) >= 11 is 0. The van der Waals surface area contributed by atoms with Gasteiger partial charge < -0.3 is 0 Å². The van der Waals surface area contributed by atoms with E-state index < -0.39 is 11.7 Å². The SMILES string of the molecule is N#Cc1ccccc1C(Cc1ccc(C(F)(F)F)cc1)Cn1cncn1. The van der Waals surface area contributed by atoms with Gasteiger partial charge in [-0.1, -0.05) is 30.3 Å². The standard InChI is InChI=1S/C19H15F3N4/c20-19(21,22)17-7-5-14(6-8-17)9-16(11-26-13-24-12-25-26)18-4-2-1-3-15(18)10-23/h1-8,12-13,16H,9,11H2. The molecule has 0 aliphatic rings. The number of nitriles is 1. The minimum absolute atomic E-state index is 0.121. The van der Waals surface area contributed by atoms with E-state index in [4.69, 9.17) is 0 Å². The summed E-state index contributed by atoms with van der Waals surface area (Å²) in [5, 5.41) is 13.5. The Kier molecular flexibility index (Phi) is 5.03. The van der Waals surface area contributed by atoms with Crippen molar-refractivity contribution < 1.29 is 13.2 Å². The molecule has 0 aliphatic heterocycles. The Hall–Kier alpha value is -3.14. The first-order valence-electron chi connectivity index (χ1n) is 7.95. The van der Waals surface area contributed by atoms with Gasteiger partial charge in [-0.3, -0.25) is 4.68 Å². The van der Waals surface area contributed by atoms with Crippen molar-refractivity contribution in [2.45, 2.75) is 25.1 Å². The van der Waals surface area contributed by atoms with E-state index in [9.17, 15) is 18.4 Å². The third kappa shape index (κ3) is 4.09. The molecule has 3 aromatic rings. The molecule has 0 N–H and O–H groups in total. The molecule has 0 aliphatic carbocycles. The van der Waals surface area contributed by atoms with Crippen LogP contribution in [0.25, 0.3) is 0 Å². The zero-order valence-corrected chi connectivity index (χ0v) is 13.7. The number of benzene rings is 2. The third-order valence-corrected chi connectivity index (χ3v) is 4.16. The summed E-state index contributed by atoms with van der Waals surface area (Å²) in [6, 6.07) is 14.5. The van der Waals surface area contributed by atoms with E-state index in [0.717, 1.165) is 23.3 Å². The molecule has 0 fully saturated rings. The summed E-state index contributed by atoms with van der Waals surface area (Å²) in [4.78, 5) is 3.92. The van der Waals surface area contributed by atoms with Crippen molar-refractivity contribution in [1.29, 1.82) is 5.26 Å². The van der Waals surface area contributed by atoms with Crippen LogP contribution in [0.3, 0.4) is 0 Å². The molecule has 0 amide bonds. The Labute approximate surface area is 148 Å². The van der Waals surface area contributed by atoms with Crippen LogP contribution in [0.2, 0.25) is 0 Å². The zero-order chi connectivity index (χ0) is 18.6. The van der Waals surface area contributed by atoms with Crippen LogP contribution >= 0.6 is 0 Å². The maximum atomic E-state index is 12.7. The zero-order valence-electron chi connectivity index (χ0n) is 13.7. The fourth-order valence-electron chi connectivity index (χ4n) is 2.89. The van der Waals surface area contributed by atoms with E-state index >= 15 is 0 Å². The molecule has 1 heterocycles. The summed E-state index contributed by atoms with van der Waals surface area (Å²) < 4.78 is 39.9. The van der Waals surface area contributed by atoms with E-state index in [1.54, 1.807) is 23.1 Å². The first-order valence-corrected chi connectivity index (χ1v) is 7.95. The van der Waals surface area contributed by atoms with Gasteiger partial charge in [-0.05, 0) is 35.7 Å². The largest absolute Gasteiger partial charge is 0.416 e. The fourth-order valence-corrected chi connectivity index (χ4v) is 2.89. The molecule has 0 spiro atoms. The van der Waals surface area contributed by atoms with Crippen molar-refractivity contribution in [3.63, 3.8) is 0 Å². The molecule has 1 atom stereocenters. The molecule has 7 heteroatoms. The number of hydrogen-bond acceptors (Lipinski definition) is 3. The normalized spacial score (nSPS) is 12.5. The van der Waals surface area contributed by atoms with Crippen LogP contribution in [0.1, 0.15) is 28.2 Å². The molecule has 0 radical (unpaired) electrons. The van der Waals surface area contributed by atoms with Gasteiger partial charge in [0, 0.05) is 12.5 Å². The monoisotopic (exact) mass is 356 g/mol. The first kappa shape index (κ1) is 17.7. The van der Waals surface area contributed by atoms with E-state index in [0.29, 0.717) is 18.5 Å². The number of alkyl halides is 3. The van der Waals surface area contributed by atoms with Crippen molar-refractivity contribution in [3.05, 3.63) is 83.4 Å². The molecule has 2 aromatic carbocycles. The highest BCUT2D eigenvalue weighted by atomic mass is 19.4. The lowest BCUT2D eigenvalue weighted by Crippen LogP contribution is -2.14. The molecular formula is C19H15F3N4. The second-order valence-electron chi connectivity index (χ2n) is 5.91. The van der Waals surface area contributed by atoms with Gasteiger partial charge >= 0.3 is 6.18 Å². The van der Waals surface area contributed by atoms with E-state index in [-0.39, 0.29) is 5.92 Å². The van der Waals surface area contributed by atoms with Crippen molar-refractivity contribution in [2.24, 2.45) is 0 Å². The van der Waals surface area contributed by atoms with Crippen LogP contribution in [0.5, 0.6) is 0 Å². The lowest BCUT2D eigenvalue weighted by molar-refractivity contribution is -0.137. The summed E-state index contributed by atoms with van der Waals surface area (Å²) in [7, 11) is 0. The second-order valence-corrected chi connectivity index (χ2v) is 5.91. The van der Waals surface area contributed by atoms with Crippen molar-refractivity contribution in [1.82, 2.24) is 14.8 Å². The molecule has 26 heavy (non-hydrogen) atoms. The number of aromatic nitrogens is 3. The Morgan fingerprint density at radius 1 is 1.08 bits per heavy atom. The van der Waals surface area contributed by atoms with E-state index in [1.165, 1.54) is 18.5 Å². The van der Waals surface area contributed by atoms with Crippen LogP contribution in [0.4, 0.5) is 13.2 Å². The quantitative estimate of drug-likeness (QED) is 0.689. The number of rotatable bonds is 5. The predicted octanol–water partition coefficient (Wildman–Crippen LogP) is 4.20. The molecule has 1 aromatic heterocycles. The first-order chi connectivity index (χ1) is 12.5. The van der Waals surface area contributed by atoms with Gasteiger partial charge in [0.15, 0.2) is 0 Å². The van der Waals surface area contributed by atoms with Crippen molar-refractivity contribution >= 4 is 0 Å². The molecule has 1 unspecified atom stereocenters. The van der Waals surface area contributed by atoms with Gasteiger partial charge in [0.25, 0.3) is 0 Å². The summed E-state index contributed by atoms with van der Waals surface area (Å²) in [6.45, 7) is 0.472. The maximum absolute atomic E-state index is 12.7. The summed E-state index contributed by atoms with van der Waals surface area (Å²) in [6.07, 6.45) is -0.872. The number of nitrogens with zero attached hydrogens (tertiary/aromatic N) is 4. The van der Waals surface area contributed by atoms with Crippen LogP contribution in [-0.4, -0.2) is 14.8 Å². The minimum atomic E-state index is -4.36. The maximum Gasteiger partial charge on any atom is 0.416 e. The highest BCUT2D eigenvalue weighted by Gasteiger charge is 2.30. The molecule has 3 rings (SSSR count). The smallest absolute Gasteiger partial charge is 0.252 e. The topological polar surface area (TPSA) is 54.5 Å². The summed E-state index contributed by atoms with van der Waals surface area (Å²) in [5.41, 5.74) is 1.47. The van der Waals surface area contributed by atoms with Crippen LogP contribution < -0.4 is 0 Å². The average Bonchev–Trinajstić information content (AvgIpc) is 3.14. The van der Waals surface area contributed by atoms with Crippen molar-refractivity contribution in [2.75, 3.05) is 0 Å². The Morgan fingerprint density at radius 2 is 1.81 bits per heavy atom. The Bertz CT molecular complexity index is 894. The van der Waals surface area contributed by atoms with Crippen LogP contribution in [0.15, 0.2) is 61.2 Å². The minimum Gasteiger partial charge on any atom is -0.252 e. The van der Waals surface area contributed by atoms with Gasteiger partial charge in [0.2, 0.25) is 0 Å². The highest BCUT2D eigenvalue weighted by molar-refractivity contribution is 5.40. The summed E-state index contributed by atoms with van der Waals surface area (Å²) in [5.74, 6) is -0.121. The molecular weight excluding hydrogens is 341 g/mol. The lowest BCUT2D eigenvalue weighted by Gasteiger charge is -2.19. The Morgan fingerprint density at radius 3 is 2.42 bits per heavy atom. The Balaban J connectivity index is 1.90. The van der Waals surface area contributed by atoms with E-state index in [2.05, 4.69) is 16.2 Å².